The lowest BCUT2D eigenvalue weighted by atomic mass is 9.98. The molecule has 0 fully saturated rings. The summed E-state index contributed by atoms with van der Waals surface area (Å²) in [7, 11) is 0. The minimum Gasteiger partial charge on any atom is -0.369 e. The summed E-state index contributed by atoms with van der Waals surface area (Å²) in [6.07, 6.45) is 1.13. The lowest BCUT2D eigenvalue weighted by Gasteiger charge is -2.18. The molecule has 0 spiro atoms. The van der Waals surface area contributed by atoms with Crippen LogP contribution < -0.4 is 16.0 Å². The van der Waals surface area contributed by atoms with E-state index in [4.69, 9.17) is 5.73 Å². The van der Waals surface area contributed by atoms with Gasteiger partial charge >= 0.3 is 0 Å². The topological polar surface area (TPSA) is 92.5 Å². The Morgan fingerprint density at radius 1 is 1.00 bits per heavy atom. The van der Waals surface area contributed by atoms with Gasteiger partial charge in [0.1, 0.15) is 5.82 Å². The second-order valence-electron chi connectivity index (χ2n) is 8.35. The number of hydrogen-bond donors (Lipinski definition) is 2. The first-order valence-corrected chi connectivity index (χ1v) is 12.3. The van der Waals surface area contributed by atoms with Gasteiger partial charge in [-0.3, -0.25) is 14.4 Å². The number of benzene rings is 3. The lowest BCUT2D eigenvalue weighted by Crippen LogP contribution is -2.37. The minimum absolute atomic E-state index is 0.0109. The number of carbonyl (C=O) groups is 3. The monoisotopic (exact) mass is 491 g/mol. The van der Waals surface area contributed by atoms with Crippen LogP contribution in [0.5, 0.6) is 0 Å². The van der Waals surface area contributed by atoms with Crippen LogP contribution in [0.25, 0.3) is 0 Å². The number of thioether (sulfide) groups is 1. The van der Waals surface area contributed by atoms with Gasteiger partial charge in [-0.1, -0.05) is 42.5 Å². The van der Waals surface area contributed by atoms with Gasteiger partial charge in [0.2, 0.25) is 11.8 Å². The highest BCUT2D eigenvalue weighted by molar-refractivity contribution is 8.00. The van der Waals surface area contributed by atoms with Crippen LogP contribution in [-0.4, -0.2) is 36.6 Å². The molecule has 6 nitrogen and oxygen atoms in total. The van der Waals surface area contributed by atoms with Gasteiger partial charge in [-0.05, 0) is 54.3 Å². The van der Waals surface area contributed by atoms with Crippen molar-refractivity contribution >= 4 is 35.2 Å². The molecule has 0 bridgehead atoms. The molecule has 0 saturated carbocycles. The van der Waals surface area contributed by atoms with Gasteiger partial charge < -0.3 is 16.0 Å². The molecule has 35 heavy (non-hydrogen) atoms. The highest BCUT2D eigenvalue weighted by atomic mass is 32.2. The summed E-state index contributed by atoms with van der Waals surface area (Å²) in [4.78, 5) is 40.2. The van der Waals surface area contributed by atoms with Gasteiger partial charge in [-0.2, -0.15) is 0 Å². The van der Waals surface area contributed by atoms with Gasteiger partial charge in [0.05, 0.1) is 17.2 Å². The Kier molecular flexibility index (Phi) is 7.82. The average molecular weight is 492 g/mol. The number of fused-ring (bicyclic) bond motifs is 1. The number of nitrogens with two attached hydrogens (primary N) is 1. The number of rotatable bonds is 9. The predicted molar refractivity (Wildman–Crippen MR) is 135 cm³/mol. The number of anilines is 1. The normalized spacial score (nSPS) is 13.2. The van der Waals surface area contributed by atoms with Crippen molar-refractivity contribution in [3.05, 3.63) is 95.3 Å². The Morgan fingerprint density at radius 3 is 2.49 bits per heavy atom. The van der Waals surface area contributed by atoms with Crippen LogP contribution in [0.2, 0.25) is 0 Å². The van der Waals surface area contributed by atoms with E-state index < -0.39 is 11.8 Å². The maximum atomic E-state index is 13.2. The van der Waals surface area contributed by atoms with Crippen LogP contribution in [0.1, 0.15) is 21.5 Å². The molecular weight excluding hydrogens is 465 g/mol. The number of halogens is 1. The fourth-order valence-corrected chi connectivity index (χ4v) is 5.01. The molecule has 1 atom stereocenters. The molecule has 180 valence electrons. The minimum atomic E-state index is -0.638. The van der Waals surface area contributed by atoms with Crippen molar-refractivity contribution in [1.29, 1.82) is 0 Å². The van der Waals surface area contributed by atoms with Crippen molar-refractivity contribution < 1.29 is 18.8 Å². The van der Waals surface area contributed by atoms with E-state index in [1.54, 1.807) is 35.2 Å². The Labute approximate surface area is 207 Å². The number of para-hydroxylation sites is 1. The van der Waals surface area contributed by atoms with Crippen molar-refractivity contribution in [3.8, 4) is 0 Å². The fraction of sp³-hybridized carbons (Fsp3) is 0.222. The van der Waals surface area contributed by atoms with E-state index in [1.165, 1.54) is 23.9 Å². The molecule has 8 heteroatoms. The summed E-state index contributed by atoms with van der Waals surface area (Å²) in [5, 5.41) is 2.79. The largest absolute Gasteiger partial charge is 0.369 e. The number of carbonyl (C=O) groups excluding carboxylic acids is 3. The Hall–Kier alpha value is -3.65. The third-order valence-electron chi connectivity index (χ3n) is 5.98. The van der Waals surface area contributed by atoms with Gasteiger partial charge in [0.15, 0.2) is 0 Å². The molecule has 0 aliphatic carbocycles. The summed E-state index contributed by atoms with van der Waals surface area (Å²) in [6.45, 7) is 0.706. The molecular formula is C27H26FN3O3S. The van der Waals surface area contributed by atoms with Gasteiger partial charge in [0, 0.05) is 23.7 Å². The van der Waals surface area contributed by atoms with Crippen molar-refractivity contribution in [2.45, 2.75) is 17.7 Å². The van der Waals surface area contributed by atoms with E-state index in [9.17, 15) is 18.8 Å². The molecule has 3 amide bonds. The van der Waals surface area contributed by atoms with Gasteiger partial charge in [-0.25, -0.2) is 4.39 Å². The van der Waals surface area contributed by atoms with Crippen LogP contribution in [0.4, 0.5) is 10.1 Å². The summed E-state index contributed by atoms with van der Waals surface area (Å²) >= 11 is 1.31. The standard InChI is InChI=1S/C27H26FN3O3S/c28-21-11-9-18(10-12-21)15-20(26(29)33)16-30-27(34)22-6-2-4-8-24(22)35-17-25(32)31-14-13-19-5-1-3-7-23(19)31/h1-12,20H,13-17H2,(H2,29,33)(H,30,34). The molecule has 0 radical (unpaired) electrons. The third-order valence-corrected chi connectivity index (χ3v) is 7.04. The van der Waals surface area contributed by atoms with Crippen LogP contribution in [0, 0.1) is 11.7 Å². The number of hydrogen-bond acceptors (Lipinski definition) is 4. The predicted octanol–water partition coefficient (Wildman–Crippen LogP) is 3.58. The van der Waals surface area contributed by atoms with Crippen molar-refractivity contribution in [2.24, 2.45) is 11.7 Å². The summed E-state index contributed by atoms with van der Waals surface area (Å²) in [5.41, 5.74) is 8.82. The van der Waals surface area contributed by atoms with Gasteiger partial charge in [0.25, 0.3) is 5.91 Å². The molecule has 1 aliphatic heterocycles. The lowest BCUT2D eigenvalue weighted by molar-refractivity contribution is -0.121. The molecule has 0 saturated heterocycles. The van der Waals surface area contributed by atoms with E-state index in [0.29, 0.717) is 17.0 Å². The molecule has 1 unspecified atom stereocenters. The Balaban J connectivity index is 1.37. The quantitative estimate of drug-likeness (QED) is 0.448. The second kappa shape index (κ2) is 11.2. The zero-order valence-corrected chi connectivity index (χ0v) is 19.9. The molecule has 0 aromatic heterocycles. The van der Waals surface area contributed by atoms with Crippen LogP contribution in [0.15, 0.2) is 77.7 Å². The zero-order chi connectivity index (χ0) is 24.8. The number of primary amides is 1. The molecule has 4 rings (SSSR count). The average Bonchev–Trinajstić information content (AvgIpc) is 3.30. The van der Waals surface area contributed by atoms with E-state index >= 15 is 0 Å². The Morgan fingerprint density at radius 2 is 1.71 bits per heavy atom. The number of nitrogens with zero attached hydrogens (tertiary/aromatic N) is 1. The van der Waals surface area contributed by atoms with Gasteiger partial charge in [-0.15, -0.1) is 11.8 Å². The molecule has 3 aromatic carbocycles. The van der Waals surface area contributed by atoms with E-state index in [0.717, 1.165) is 23.2 Å². The maximum absolute atomic E-state index is 13.2. The van der Waals surface area contributed by atoms with Crippen LogP contribution in [0.3, 0.4) is 0 Å². The van der Waals surface area contributed by atoms with Crippen molar-refractivity contribution in [2.75, 3.05) is 23.7 Å². The molecule has 1 heterocycles. The second-order valence-corrected chi connectivity index (χ2v) is 9.37. The van der Waals surface area contributed by atoms with E-state index in [2.05, 4.69) is 5.32 Å². The summed E-state index contributed by atoms with van der Waals surface area (Å²) in [5.74, 6) is -1.71. The zero-order valence-electron chi connectivity index (χ0n) is 19.1. The Bertz CT molecular complexity index is 1230. The fourth-order valence-electron chi connectivity index (χ4n) is 4.08. The highest BCUT2D eigenvalue weighted by Crippen LogP contribution is 2.29. The van der Waals surface area contributed by atoms with Crippen LogP contribution in [-0.2, 0) is 22.4 Å². The number of nitrogens with one attached hydrogen (secondary N) is 1. The third kappa shape index (κ3) is 6.08. The SMILES string of the molecule is NC(=O)C(CNC(=O)c1ccccc1SCC(=O)N1CCc2ccccc21)Cc1ccc(F)cc1. The highest BCUT2D eigenvalue weighted by Gasteiger charge is 2.25. The van der Waals surface area contributed by atoms with Crippen molar-refractivity contribution in [3.63, 3.8) is 0 Å². The van der Waals surface area contributed by atoms with E-state index in [1.807, 2.05) is 30.3 Å². The molecule has 1 aliphatic rings. The molecule has 3 N–H and O–H groups in total. The maximum Gasteiger partial charge on any atom is 0.252 e. The van der Waals surface area contributed by atoms with Crippen molar-refractivity contribution in [1.82, 2.24) is 5.32 Å². The summed E-state index contributed by atoms with van der Waals surface area (Å²) < 4.78 is 13.2. The van der Waals surface area contributed by atoms with Crippen LogP contribution >= 0.6 is 11.8 Å². The molecule has 3 aromatic rings. The summed E-state index contributed by atoms with van der Waals surface area (Å²) in [6, 6.07) is 20.8. The number of amides is 3. The van der Waals surface area contributed by atoms with E-state index in [-0.39, 0.29) is 36.4 Å². The smallest absolute Gasteiger partial charge is 0.252 e. The first-order chi connectivity index (χ1) is 16.9. The first kappa shape index (κ1) is 24.5. The first-order valence-electron chi connectivity index (χ1n) is 11.3.